The number of carbonyl (C=O) groups excluding carboxylic acids is 1. The monoisotopic (exact) mass is 308 g/mol. The Balaban J connectivity index is 1.70. The molecule has 1 aromatic rings. The first-order valence-corrected chi connectivity index (χ1v) is 7.90. The second kappa shape index (κ2) is 8.13. The molecule has 5 heteroatoms. The molecule has 22 heavy (non-hydrogen) atoms. The number of rotatable bonds is 6. The van der Waals surface area contributed by atoms with E-state index in [0.29, 0.717) is 25.6 Å². The molecule has 1 heterocycles. The van der Waals surface area contributed by atoms with Gasteiger partial charge in [-0.15, -0.1) is 0 Å². The lowest BCUT2D eigenvalue weighted by Crippen LogP contribution is -2.44. The average molecular weight is 308 g/mol. The molecule has 0 spiro atoms. The summed E-state index contributed by atoms with van der Waals surface area (Å²) in [4.78, 5) is 16.1. The number of halogens is 1. The maximum absolute atomic E-state index is 13.4. The number of ether oxygens (including phenoxy) is 1. The molecule has 0 N–H and O–H groups in total. The second-order valence-electron chi connectivity index (χ2n) is 6.10. The number of likely N-dealkylation sites (N-methyl/N-ethyl adjacent to an activating group) is 1. The van der Waals surface area contributed by atoms with Crippen LogP contribution in [0.15, 0.2) is 24.3 Å². The van der Waals surface area contributed by atoms with E-state index in [9.17, 15) is 9.18 Å². The topological polar surface area (TPSA) is 32.8 Å². The molecule has 1 aliphatic heterocycles. The summed E-state index contributed by atoms with van der Waals surface area (Å²) in [5, 5.41) is 0. The highest BCUT2D eigenvalue weighted by molar-refractivity contribution is 5.78. The number of carbonyl (C=O) groups is 1. The Morgan fingerprint density at radius 1 is 1.45 bits per heavy atom. The van der Waals surface area contributed by atoms with E-state index in [4.69, 9.17) is 4.74 Å². The van der Waals surface area contributed by atoms with Gasteiger partial charge in [0.25, 0.3) is 0 Å². The summed E-state index contributed by atoms with van der Waals surface area (Å²) in [5.74, 6) is 0.656. The van der Waals surface area contributed by atoms with Gasteiger partial charge in [-0.05, 0) is 37.9 Å². The van der Waals surface area contributed by atoms with Gasteiger partial charge >= 0.3 is 0 Å². The third-order valence-electron chi connectivity index (χ3n) is 3.98. The molecule has 1 atom stereocenters. The average Bonchev–Trinajstić information content (AvgIpc) is 2.49. The Kier molecular flexibility index (Phi) is 6.19. The summed E-state index contributed by atoms with van der Waals surface area (Å²) in [6.07, 6.45) is 2.29. The number of hydrogen-bond acceptors (Lipinski definition) is 3. The molecule has 122 valence electrons. The van der Waals surface area contributed by atoms with Gasteiger partial charge in [-0.25, -0.2) is 4.39 Å². The van der Waals surface area contributed by atoms with Gasteiger partial charge < -0.3 is 9.64 Å². The molecule has 0 aromatic heterocycles. The van der Waals surface area contributed by atoms with Crippen LogP contribution >= 0.6 is 0 Å². The summed E-state index contributed by atoms with van der Waals surface area (Å²) < 4.78 is 18.8. The van der Waals surface area contributed by atoms with Crippen LogP contribution in [0.5, 0.6) is 5.75 Å². The Morgan fingerprint density at radius 2 is 2.23 bits per heavy atom. The zero-order valence-electron chi connectivity index (χ0n) is 13.4. The van der Waals surface area contributed by atoms with Gasteiger partial charge in [0.1, 0.15) is 6.61 Å². The van der Waals surface area contributed by atoms with Crippen molar-refractivity contribution in [1.29, 1.82) is 0 Å². The number of nitrogens with zero attached hydrogens (tertiary/aromatic N) is 2. The first kappa shape index (κ1) is 16.7. The molecule has 1 aromatic carbocycles. The van der Waals surface area contributed by atoms with E-state index in [1.807, 2.05) is 16.8 Å². The van der Waals surface area contributed by atoms with E-state index in [1.165, 1.54) is 12.5 Å². The molecule has 0 bridgehead atoms. The van der Waals surface area contributed by atoms with E-state index in [-0.39, 0.29) is 17.5 Å². The lowest BCUT2D eigenvalue weighted by Gasteiger charge is -2.32. The fourth-order valence-electron chi connectivity index (χ4n) is 2.70. The van der Waals surface area contributed by atoms with E-state index >= 15 is 0 Å². The normalized spacial score (nSPS) is 18.5. The minimum Gasteiger partial charge on any atom is -0.489 e. The summed E-state index contributed by atoms with van der Waals surface area (Å²) in [5.41, 5.74) is 0. The summed E-state index contributed by atoms with van der Waals surface area (Å²) in [6.45, 7) is 5.24. The maximum atomic E-state index is 13.4. The Hall–Kier alpha value is -1.62. The van der Waals surface area contributed by atoms with Gasteiger partial charge in [0, 0.05) is 19.6 Å². The smallest absolute Gasteiger partial charge is 0.236 e. The zero-order chi connectivity index (χ0) is 15.9. The first-order valence-electron chi connectivity index (χ1n) is 7.90. The van der Waals surface area contributed by atoms with Crippen LogP contribution in [0, 0.1) is 11.7 Å². The van der Waals surface area contributed by atoms with Crippen molar-refractivity contribution in [2.75, 3.05) is 39.8 Å². The van der Waals surface area contributed by atoms with E-state index in [1.54, 1.807) is 18.2 Å². The Bertz CT molecular complexity index is 495. The standard InChI is InChI=1S/C17H25FN2O2/c1-14-6-5-9-20(12-14)17(21)13-19(2)10-11-22-16-8-4-3-7-15(16)18/h3-4,7-8,14H,5-6,9-13H2,1-2H3. The molecule has 1 unspecified atom stereocenters. The van der Waals surface area contributed by atoms with Crippen molar-refractivity contribution in [1.82, 2.24) is 9.80 Å². The number of para-hydroxylation sites is 1. The van der Waals surface area contributed by atoms with E-state index in [2.05, 4.69) is 6.92 Å². The van der Waals surface area contributed by atoms with Gasteiger partial charge in [-0.1, -0.05) is 19.1 Å². The maximum Gasteiger partial charge on any atom is 0.236 e. The van der Waals surface area contributed by atoms with Crippen LogP contribution in [-0.2, 0) is 4.79 Å². The highest BCUT2D eigenvalue weighted by Gasteiger charge is 2.21. The van der Waals surface area contributed by atoms with Crippen LogP contribution < -0.4 is 4.74 Å². The van der Waals surface area contributed by atoms with E-state index in [0.717, 1.165) is 19.5 Å². The van der Waals surface area contributed by atoms with E-state index < -0.39 is 0 Å². The first-order chi connectivity index (χ1) is 10.6. The number of likely N-dealkylation sites (tertiary alicyclic amines) is 1. The molecule has 1 saturated heterocycles. The highest BCUT2D eigenvalue weighted by Crippen LogP contribution is 2.16. The SMILES string of the molecule is CC1CCCN(C(=O)CN(C)CCOc2ccccc2F)C1. The number of benzene rings is 1. The van der Waals surface area contributed by atoms with Crippen LogP contribution in [0.1, 0.15) is 19.8 Å². The zero-order valence-corrected chi connectivity index (χ0v) is 13.4. The van der Waals surface area contributed by atoms with Crippen LogP contribution in [0.25, 0.3) is 0 Å². The predicted molar refractivity (Wildman–Crippen MR) is 84.4 cm³/mol. The molecule has 1 amide bonds. The molecule has 0 radical (unpaired) electrons. The Morgan fingerprint density at radius 3 is 2.95 bits per heavy atom. The van der Waals surface area contributed by atoms with Crippen molar-refractivity contribution in [3.63, 3.8) is 0 Å². The van der Waals surface area contributed by atoms with Crippen molar-refractivity contribution in [3.8, 4) is 5.75 Å². The quantitative estimate of drug-likeness (QED) is 0.809. The summed E-state index contributed by atoms with van der Waals surface area (Å²) in [7, 11) is 1.88. The van der Waals surface area contributed by atoms with Crippen LogP contribution in [0.2, 0.25) is 0 Å². The highest BCUT2D eigenvalue weighted by atomic mass is 19.1. The van der Waals surface area contributed by atoms with Crippen molar-refractivity contribution in [3.05, 3.63) is 30.1 Å². The molecular weight excluding hydrogens is 283 g/mol. The molecule has 1 fully saturated rings. The fourth-order valence-corrected chi connectivity index (χ4v) is 2.70. The molecule has 4 nitrogen and oxygen atoms in total. The van der Waals surface area contributed by atoms with Crippen molar-refractivity contribution in [2.24, 2.45) is 5.92 Å². The lowest BCUT2D eigenvalue weighted by molar-refractivity contribution is -0.133. The van der Waals surface area contributed by atoms with Crippen molar-refractivity contribution < 1.29 is 13.9 Å². The van der Waals surface area contributed by atoms with Crippen molar-refractivity contribution in [2.45, 2.75) is 19.8 Å². The van der Waals surface area contributed by atoms with Gasteiger partial charge in [0.2, 0.25) is 5.91 Å². The van der Waals surface area contributed by atoms with Gasteiger partial charge in [0.15, 0.2) is 11.6 Å². The molecular formula is C17H25FN2O2. The third kappa shape index (κ3) is 4.98. The fraction of sp³-hybridized carbons (Fsp3) is 0.588. The Labute approximate surface area is 131 Å². The molecule has 1 aliphatic rings. The molecule has 2 rings (SSSR count). The lowest BCUT2D eigenvalue weighted by atomic mass is 10.0. The summed E-state index contributed by atoms with van der Waals surface area (Å²) in [6, 6.07) is 6.35. The minimum atomic E-state index is -0.358. The van der Waals surface area contributed by atoms with Crippen LogP contribution in [0.3, 0.4) is 0 Å². The van der Waals surface area contributed by atoms with Crippen LogP contribution in [-0.4, -0.2) is 55.5 Å². The number of amides is 1. The predicted octanol–water partition coefficient (Wildman–Crippen LogP) is 2.39. The van der Waals surface area contributed by atoms with Crippen LogP contribution in [0.4, 0.5) is 4.39 Å². The summed E-state index contributed by atoms with van der Waals surface area (Å²) >= 11 is 0. The molecule has 0 saturated carbocycles. The van der Waals surface area contributed by atoms with Gasteiger partial charge in [-0.2, -0.15) is 0 Å². The number of hydrogen-bond donors (Lipinski definition) is 0. The molecule has 0 aliphatic carbocycles. The third-order valence-corrected chi connectivity index (χ3v) is 3.98. The minimum absolute atomic E-state index is 0.167. The van der Waals surface area contributed by atoms with Gasteiger partial charge in [-0.3, -0.25) is 9.69 Å². The largest absolute Gasteiger partial charge is 0.489 e. The van der Waals surface area contributed by atoms with Gasteiger partial charge in [0.05, 0.1) is 6.54 Å². The second-order valence-corrected chi connectivity index (χ2v) is 6.10. The van der Waals surface area contributed by atoms with Crippen molar-refractivity contribution >= 4 is 5.91 Å². The number of piperidine rings is 1.